The van der Waals surface area contributed by atoms with Crippen LogP contribution in [-0.2, 0) is 4.79 Å². The Morgan fingerprint density at radius 1 is 1.40 bits per heavy atom. The lowest BCUT2D eigenvalue weighted by atomic mass is 10.1. The van der Waals surface area contributed by atoms with Crippen LogP contribution in [0.4, 0.5) is 11.4 Å². The standard InChI is InChI=1S/C15H20N4O/c1-11(15(20)19-8-3-2-4-9-19)18-13-7-5-6-12(10-16)14(13)17/h5-7,11,18H,2-4,8-9,17H2,1H3. The van der Waals surface area contributed by atoms with Gasteiger partial charge in [-0.2, -0.15) is 5.26 Å². The highest BCUT2D eigenvalue weighted by atomic mass is 16.2. The minimum absolute atomic E-state index is 0.0893. The molecule has 1 unspecified atom stereocenters. The molecule has 5 heteroatoms. The number of anilines is 2. The van der Waals surface area contributed by atoms with E-state index in [4.69, 9.17) is 11.0 Å². The number of benzene rings is 1. The molecule has 1 fully saturated rings. The first-order chi connectivity index (χ1) is 9.63. The van der Waals surface area contributed by atoms with Gasteiger partial charge in [0.25, 0.3) is 0 Å². The summed E-state index contributed by atoms with van der Waals surface area (Å²) in [6.45, 7) is 3.49. The SMILES string of the molecule is CC(Nc1cccc(C#N)c1N)C(=O)N1CCCCC1. The summed E-state index contributed by atoms with van der Waals surface area (Å²) in [7, 11) is 0. The Morgan fingerprint density at radius 3 is 2.75 bits per heavy atom. The molecule has 0 aromatic heterocycles. The van der Waals surface area contributed by atoms with Crippen molar-refractivity contribution in [2.75, 3.05) is 24.1 Å². The van der Waals surface area contributed by atoms with Crippen molar-refractivity contribution in [1.82, 2.24) is 4.90 Å². The van der Waals surface area contributed by atoms with Gasteiger partial charge in [-0.05, 0) is 38.3 Å². The van der Waals surface area contributed by atoms with Crippen LogP contribution in [0, 0.1) is 11.3 Å². The summed E-state index contributed by atoms with van der Waals surface area (Å²) in [6, 6.07) is 6.91. The number of nitriles is 1. The first-order valence-electron chi connectivity index (χ1n) is 6.97. The van der Waals surface area contributed by atoms with Crippen molar-refractivity contribution >= 4 is 17.3 Å². The van der Waals surface area contributed by atoms with E-state index in [1.54, 1.807) is 18.2 Å². The molecule has 1 saturated heterocycles. The molecular formula is C15H20N4O. The van der Waals surface area contributed by atoms with Crippen LogP contribution in [0.3, 0.4) is 0 Å². The molecule has 1 amide bonds. The number of nitrogens with two attached hydrogens (primary N) is 1. The number of rotatable bonds is 3. The first-order valence-corrected chi connectivity index (χ1v) is 6.97. The zero-order valence-corrected chi connectivity index (χ0v) is 11.7. The van der Waals surface area contributed by atoms with Crippen LogP contribution < -0.4 is 11.1 Å². The average Bonchev–Trinajstić information content (AvgIpc) is 2.49. The Labute approximate surface area is 119 Å². The van der Waals surface area contributed by atoms with Gasteiger partial charge < -0.3 is 16.0 Å². The molecule has 0 spiro atoms. The lowest BCUT2D eigenvalue weighted by molar-refractivity contribution is -0.132. The normalized spacial score (nSPS) is 16.3. The van der Waals surface area contributed by atoms with Crippen LogP contribution >= 0.6 is 0 Å². The molecule has 0 aliphatic carbocycles. The smallest absolute Gasteiger partial charge is 0.244 e. The predicted molar refractivity (Wildman–Crippen MR) is 79.1 cm³/mol. The van der Waals surface area contributed by atoms with Crippen LogP contribution in [0.1, 0.15) is 31.7 Å². The van der Waals surface area contributed by atoms with Crippen molar-refractivity contribution in [3.05, 3.63) is 23.8 Å². The third-order valence-electron chi connectivity index (χ3n) is 3.64. The molecule has 1 atom stereocenters. The van der Waals surface area contributed by atoms with Gasteiger partial charge in [-0.25, -0.2) is 0 Å². The van der Waals surface area contributed by atoms with E-state index in [0.29, 0.717) is 16.9 Å². The Hall–Kier alpha value is -2.22. The molecule has 1 aliphatic heterocycles. The molecule has 1 aliphatic rings. The molecule has 0 bridgehead atoms. The highest BCUT2D eigenvalue weighted by Crippen LogP contribution is 2.23. The third kappa shape index (κ3) is 3.02. The summed E-state index contributed by atoms with van der Waals surface area (Å²) in [5.41, 5.74) is 7.37. The monoisotopic (exact) mass is 272 g/mol. The Kier molecular flexibility index (Phi) is 4.46. The van der Waals surface area contributed by atoms with Crippen molar-refractivity contribution in [3.63, 3.8) is 0 Å². The van der Waals surface area contributed by atoms with E-state index in [9.17, 15) is 4.79 Å². The quantitative estimate of drug-likeness (QED) is 0.824. The minimum atomic E-state index is -0.343. The predicted octanol–water partition coefficient (Wildman–Crippen LogP) is 1.95. The summed E-state index contributed by atoms with van der Waals surface area (Å²) >= 11 is 0. The fourth-order valence-electron chi connectivity index (χ4n) is 2.47. The van der Waals surface area contributed by atoms with Crippen molar-refractivity contribution in [2.24, 2.45) is 0 Å². The van der Waals surface area contributed by atoms with Crippen LogP contribution in [-0.4, -0.2) is 29.9 Å². The first kappa shape index (κ1) is 14.2. The Balaban J connectivity index is 2.06. The van der Waals surface area contributed by atoms with Gasteiger partial charge in [0.2, 0.25) is 5.91 Å². The maximum atomic E-state index is 12.3. The maximum absolute atomic E-state index is 12.3. The second-order valence-electron chi connectivity index (χ2n) is 5.13. The van der Waals surface area contributed by atoms with Gasteiger partial charge in [-0.15, -0.1) is 0 Å². The second-order valence-corrected chi connectivity index (χ2v) is 5.13. The highest BCUT2D eigenvalue weighted by molar-refractivity contribution is 5.86. The third-order valence-corrected chi connectivity index (χ3v) is 3.64. The lowest BCUT2D eigenvalue weighted by Crippen LogP contribution is -2.44. The van der Waals surface area contributed by atoms with Gasteiger partial charge in [-0.3, -0.25) is 4.79 Å². The second kappa shape index (κ2) is 6.29. The zero-order valence-electron chi connectivity index (χ0n) is 11.7. The molecule has 2 rings (SSSR count). The molecule has 3 N–H and O–H groups in total. The van der Waals surface area contributed by atoms with Gasteiger partial charge in [0.1, 0.15) is 12.1 Å². The van der Waals surface area contributed by atoms with Crippen LogP contribution in [0.2, 0.25) is 0 Å². The number of piperidine rings is 1. The van der Waals surface area contributed by atoms with Crippen molar-refractivity contribution in [3.8, 4) is 6.07 Å². The Bertz CT molecular complexity index is 529. The molecule has 20 heavy (non-hydrogen) atoms. The summed E-state index contributed by atoms with van der Waals surface area (Å²) in [6.07, 6.45) is 3.35. The Morgan fingerprint density at radius 2 is 2.10 bits per heavy atom. The lowest BCUT2D eigenvalue weighted by Gasteiger charge is -2.30. The largest absolute Gasteiger partial charge is 0.396 e. The number of hydrogen-bond acceptors (Lipinski definition) is 4. The zero-order chi connectivity index (χ0) is 14.5. The maximum Gasteiger partial charge on any atom is 0.244 e. The number of likely N-dealkylation sites (tertiary alicyclic amines) is 1. The summed E-state index contributed by atoms with van der Waals surface area (Å²) < 4.78 is 0. The van der Waals surface area contributed by atoms with Crippen molar-refractivity contribution in [1.29, 1.82) is 5.26 Å². The molecule has 106 valence electrons. The molecule has 0 radical (unpaired) electrons. The molecule has 1 aromatic rings. The molecule has 1 heterocycles. The van der Waals surface area contributed by atoms with E-state index in [1.165, 1.54) is 6.42 Å². The summed E-state index contributed by atoms with van der Waals surface area (Å²) in [5.74, 6) is 0.0893. The fourth-order valence-corrected chi connectivity index (χ4v) is 2.47. The number of hydrogen-bond donors (Lipinski definition) is 2. The number of carbonyl (C=O) groups is 1. The molecule has 1 aromatic carbocycles. The van der Waals surface area contributed by atoms with Crippen LogP contribution in [0.25, 0.3) is 0 Å². The van der Waals surface area contributed by atoms with E-state index in [-0.39, 0.29) is 11.9 Å². The highest BCUT2D eigenvalue weighted by Gasteiger charge is 2.22. The summed E-state index contributed by atoms with van der Waals surface area (Å²) in [5, 5.41) is 12.1. The molecule has 5 nitrogen and oxygen atoms in total. The number of para-hydroxylation sites is 1. The van der Waals surface area contributed by atoms with Crippen LogP contribution in [0.5, 0.6) is 0 Å². The topological polar surface area (TPSA) is 82.1 Å². The van der Waals surface area contributed by atoms with Gasteiger partial charge in [0.05, 0.1) is 16.9 Å². The number of nitrogens with zero attached hydrogens (tertiary/aromatic N) is 2. The fraction of sp³-hybridized carbons (Fsp3) is 0.467. The molecular weight excluding hydrogens is 252 g/mol. The molecule has 0 saturated carbocycles. The van der Waals surface area contributed by atoms with Crippen molar-refractivity contribution < 1.29 is 4.79 Å². The summed E-state index contributed by atoms with van der Waals surface area (Å²) in [4.78, 5) is 14.2. The van der Waals surface area contributed by atoms with E-state index in [1.807, 2.05) is 17.9 Å². The van der Waals surface area contributed by atoms with E-state index >= 15 is 0 Å². The number of nitrogen functional groups attached to an aromatic ring is 1. The number of amides is 1. The minimum Gasteiger partial charge on any atom is -0.396 e. The van der Waals surface area contributed by atoms with Gasteiger partial charge >= 0.3 is 0 Å². The van der Waals surface area contributed by atoms with Crippen LogP contribution in [0.15, 0.2) is 18.2 Å². The van der Waals surface area contributed by atoms with Crippen molar-refractivity contribution in [2.45, 2.75) is 32.2 Å². The average molecular weight is 272 g/mol. The van der Waals surface area contributed by atoms with Gasteiger partial charge in [0.15, 0.2) is 0 Å². The van der Waals surface area contributed by atoms with E-state index < -0.39 is 0 Å². The van der Waals surface area contributed by atoms with E-state index in [0.717, 1.165) is 25.9 Å². The van der Waals surface area contributed by atoms with Gasteiger partial charge in [0, 0.05) is 13.1 Å². The number of nitrogens with one attached hydrogen (secondary N) is 1. The van der Waals surface area contributed by atoms with Gasteiger partial charge in [-0.1, -0.05) is 6.07 Å². The van der Waals surface area contributed by atoms with E-state index in [2.05, 4.69) is 5.32 Å². The number of carbonyl (C=O) groups excluding carboxylic acids is 1.